The Morgan fingerprint density at radius 1 is 1.00 bits per heavy atom. The summed E-state index contributed by atoms with van der Waals surface area (Å²) >= 11 is 0. The molecule has 2 aromatic carbocycles. The van der Waals surface area contributed by atoms with Gasteiger partial charge in [0.15, 0.2) is 0 Å². The molecule has 0 atom stereocenters. The molecule has 1 aliphatic rings. The largest absolute Gasteiger partial charge is 0.506 e. The second-order valence-corrected chi connectivity index (χ2v) is 8.27. The van der Waals surface area contributed by atoms with Crippen molar-refractivity contribution in [1.29, 1.82) is 0 Å². The second-order valence-electron chi connectivity index (χ2n) is 6.34. The van der Waals surface area contributed by atoms with E-state index in [1.807, 2.05) is 13.0 Å². The minimum absolute atomic E-state index is 0.0650. The summed E-state index contributed by atoms with van der Waals surface area (Å²) < 4.78 is 26.8. The van der Waals surface area contributed by atoms with E-state index in [1.165, 1.54) is 0 Å². The summed E-state index contributed by atoms with van der Waals surface area (Å²) in [5.74, 6) is 0.0650. The molecule has 0 bridgehead atoms. The highest BCUT2D eigenvalue weighted by molar-refractivity contribution is 7.89. The molecule has 0 radical (unpaired) electrons. The van der Waals surface area contributed by atoms with E-state index >= 15 is 0 Å². The van der Waals surface area contributed by atoms with Crippen LogP contribution in [0.4, 0.5) is 11.4 Å². The topological polar surface area (TPSA) is 82.3 Å². The molecule has 0 amide bonds. The van der Waals surface area contributed by atoms with Crippen LogP contribution in [0.15, 0.2) is 57.6 Å². The van der Waals surface area contributed by atoms with E-state index in [-0.39, 0.29) is 10.6 Å². The fourth-order valence-corrected chi connectivity index (χ4v) is 4.44. The summed E-state index contributed by atoms with van der Waals surface area (Å²) in [6.07, 6.45) is 3.74. The van der Waals surface area contributed by atoms with Gasteiger partial charge in [-0.05, 0) is 61.2 Å². The molecular formula is C19H23N3O3S. The van der Waals surface area contributed by atoms with Crippen molar-refractivity contribution in [2.24, 2.45) is 10.2 Å². The number of sulfonamides is 1. The van der Waals surface area contributed by atoms with Gasteiger partial charge in [0, 0.05) is 13.1 Å². The molecule has 6 nitrogen and oxygen atoms in total. The average molecular weight is 373 g/mol. The van der Waals surface area contributed by atoms with Crippen molar-refractivity contribution in [2.45, 2.75) is 37.5 Å². The number of aromatic hydroxyl groups is 1. The molecule has 1 N–H and O–H groups in total. The summed E-state index contributed by atoms with van der Waals surface area (Å²) in [5, 5.41) is 18.1. The highest BCUT2D eigenvalue weighted by Crippen LogP contribution is 2.30. The van der Waals surface area contributed by atoms with Crippen LogP contribution in [0.1, 0.15) is 31.7 Å². The van der Waals surface area contributed by atoms with E-state index < -0.39 is 10.0 Å². The molecule has 1 fully saturated rings. The van der Waals surface area contributed by atoms with E-state index in [9.17, 15) is 13.5 Å². The molecule has 0 saturated carbocycles. The number of rotatable bonds is 5. The maximum absolute atomic E-state index is 12.6. The zero-order valence-corrected chi connectivity index (χ0v) is 15.6. The number of benzene rings is 2. The van der Waals surface area contributed by atoms with E-state index in [0.717, 1.165) is 31.2 Å². The summed E-state index contributed by atoms with van der Waals surface area (Å²) in [4.78, 5) is 0.272. The molecule has 1 heterocycles. The molecule has 3 rings (SSSR count). The maximum Gasteiger partial charge on any atom is 0.243 e. The number of phenols is 1. The fraction of sp³-hybridized carbons (Fsp3) is 0.368. The monoisotopic (exact) mass is 373 g/mol. The Hall–Kier alpha value is -2.25. The summed E-state index contributed by atoms with van der Waals surface area (Å²) in [5.41, 5.74) is 1.98. The number of hydrogen-bond donors (Lipinski definition) is 1. The molecule has 0 unspecified atom stereocenters. The number of phenolic OH excluding ortho intramolecular Hbond substituents is 1. The lowest BCUT2D eigenvalue weighted by atomic mass is 10.1. The van der Waals surface area contributed by atoms with Gasteiger partial charge < -0.3 is 5.11 Å². The summed E-state index contributed by atoms with van der Waals surface area (Å²) in [7, 11) is -3.44. The third-order valence-corrected chi connectivity index (χ3v) is 6.42. The second kappa shape index (κ2) is 7.97. The standard InChI is InChI=1S/C19H23N3O3S/c1-2-15-6-11-19(23)18(14-15)21-20-16-7-9-17(10-8-16)26(24,25)22-12-4-3-5-13-22/h6-11,14,23H,2-5,12-13H2,1H3. The minimum Gasteiger partial charge on any atom is -0.506 e. The van der Waals surface area contributed by atoms with Gasteiger partial charge in [-0.25, -0.2) is 8.42 Å². The van der Waals surface area contributed by atoms with E-state index in [0.29, 0.717) is 24.5 Å². The fourth-order valence-electron chi connectivity index (χ4n) is 2.92. The van der Waals surface area contributed by atoms with Gasteiger partial charge in [-0.2, -0.15) is 9.42 Å². The van der Waals surface area contributed by atoms with Gasteiger partial charge in [-0.3, -0.25) is 0 Å². The van der Waals surface area contributed by atoms with Gasteiger partial charge >= 0.3 is 0 Å². The van der Waals surface area contributed by atoms with Crippen LogP contribution in [-0.4, -0.2) is 30.9 Å². The molecule has 0 spiro atoms. The Kier molecular flexibility index (Phi) is 5.68. The van der Waals surface area contributed by atoms with Crippen LogP contribution in [0.5, 0.6) is 5.75 Å². The zero-order chi connectivity index (χ0) is 18.6. The molecular weight excluding hydrogens is 350 g/mol. The maximum atomic E-state index is 12.6. The Labute approximate surface area is 154 Å². The average Bonchev–Trinajstić information content (AvgIpc) is 2.68. The van der Waals surface area contributed by atoms with Gasteiger partial charge in [-0.1, -0.05) is 19.4 Å². The van der Waals surface area contributed by atoms with E-state index in [2.05, 4.69) is 10.2 Å². The van der Waals surface area contributed by atoms with Crippen LogP contribution < -0.4 is 0 Å². The van der Waals surface area contributed by atoms with Crippen molar-refractivity contribution < 1.29 is 13.5 Å². The van der Waals surface area contributed by atoms with Crippen molar-refractivity contribution >= 4 is 21.4 Å². The molecule has 0 aliphatic carbocycles. The van der Waals surface area contributed by atoms with E-state index in [4.69, 9.17) is 0 Å². The van der Waals surface area contributed by atoms with Crippen LogP contribution in [0.25, 0.3) is 0 Å². The van der Waals surface area contributed by atoms with Crippen LogP contribution in [0.2, 0.25) is 0 Å². The summed E-state index contributed by atoms with van der Waals surface area (Å²) in [6, 6.07) is 11.6. The third kappa shape index (κ3) is 4.11. The van der Waals surface area contributed by atoms with Crippen LogP contribution >= 0.6 is 0 Å². The lowest BCUT2D eigenvalue weighted by molar-refractivity contribution is 0.346. The lowest BCUT2D eigenvalue weighted by Crippen LogP contribution is -2.35. The normalized spacial score (nSPS) is 16.2. The van der Waals surface area contributed by atoms with Crippen molar-refractivity contribution in [2.75, 3.05) is 13.1 Å². The molecule has 26 heavy (non-hydrogen) atoms. The van der Waals surface area contributed by atoms with Gasteiger partial charge in [0.1, 0.15) is 11.4 Å². The van der Waals surface area contributed by atoms with Crippen LogP contribution in [-0.2, 0) is 16.4 Å². The van der Waals surface area contributed by atoms with Crippen molar-refractivity contribution in [3.05, 3.63) is 48.0 Å². The Morgan fingerprint density at radius 3 is 2.35 bits per heavy atom. The van der Waals surface area contributed by atoms with E-state index in [1.54, 1.807) is 40.7 Å². The number of hydrogen-bond acceptors (Lipinski definition) is 5. The smallest absolute Gasteiger partial charge is 0.243 e. The van der Waals surface area contributed by atoms with Gasteiger partial charge in [0.05, 0.1) is 10.6 Å². The van der Waals surface area contributed by atoms with Gasteiger partial charge in [-0.15, -0.1) is 5.11 Å². The minimum atomic E-state index is -3.44. The zero-order valence-electron chi connectivity index (χ0n) is 14.8. The molecule has 1 aliphatic heterocycles. The Balaban J connectivity index is 1.77. The number of nitrogens with zero attached hydrogens (tertiary/aromatic N) is 3. The first-order valence-electron chi connectivity index (χ1n) is 8.84. The SMILES string of the molecule is CCc1ccc(O)c(N=Nc2ccc(S(=O)(=O)N3CCCCC3)cc2)c1. The molecule has 2 aromatic rings. The first-order chi connectivity index (χ1) is 12.5. The molecule has 7 heteroatoms. The van der Waals surface area contributed by atoms with Crippen LogP contribution in [0.3, 0.4) is 0 Å². The predicted molar refractivity (Wildman–Crippen MR) is 101 cm³/mol. The molecule has 0 aromatic heterocycles. The molecule has 1 saturated heterocycles. The van der Waals surface area contributed by atoms with Gasteiger partial charge in [0.2, 0.25) is 10.0 Å². The highest BCUT2D eigenvalue weighted by atomic mass is 32.2. The van der Waals surface area contributed by atoms with Crippen LogP contribution in [0, 0.1) is 0 Å². The quantitative estimate of drug-likeness (QED) is 0.781. The Morgan fingerprint density at radius 2 is 1.69 bits per heavy atom. The van der Waals surface area contributed by atoms with Crippen molar-refractivity contribution in [1.82, 2.24) is 4.31 Å². The number of aryl methyl sites for hydroxylation is 1. The number of azo groups is 1. The lowest BCUT2D eigenvalue weighted by Gasteiger charge is -2.25. The van der Waals surface area contributed by atoms with Gasteiger partial charge in [0.25, 0.3) is 0 Å². The first kappa shape index (κ1) is 18.5. The third-order valence-electron chi connectivity index (χ3n) is 4.51. The number of piperidine rings is 1. The summed E-state index contributed by atoms with van der Waals surface area (Å²) in [6.45, 7) is 3.18. The first-order valence-corrected chi connectivity index (χ1v) is 10.3. The van der Waals surface area contributed by atoms with Crippen molar-refractivity contribution in [3.63, 3.8) is 0 Å². The predicted octanol–water partition coefficient (Wildman–Crippen LogP) is 4.54. The molecule has 138 valence electrons. The Bertz CT molecular complexity index is 887. The van der Waals surface area contributed by atoms with Crippen molar-refractivity contribution in [3.8, 4) is 5.75 Å². The highest BCUT2D eigenvalue weighted by Gasteiger charge is 2.25.